The van der Waals surface area contributed by atoms with E-state index in [0.29, 0.717) is 18.8 Å². The Morgan fingerprint density at radius 1 is 1.14 bits per heavy atom. The molecule has 5 nitrogen and oxygen atoms in total. The molecule has 2 aromatic rings. The van der Waals surface area contributed by atoms with Crippen LogP contribution >= 0.6 is 15.9 Å². The first-order valence-corrected chi connectivity index (χ1v) is 7.15. The second-order valence-electron chi connectivity index (χ2n) is 4.53. The number of non-ortho nitro benzene ring substituents is 1. The Morgan fingerprint density at radius 2 is 1.81 bits per heavy atom. The molecule has 0 unspecified atom stereocenters. The fraction of sp³-hybridized carbons (Fsp3) is 0.200. The van der Waals surface area contributed by atoms with Crippen molar-refractivity contribution in [1.29, 1.82) is 0 Å². The van der Waals surface area contributed by atoms with Gasteiger partial charge in [0.1, 0.15) is 5.75 Å². The molecule has 0 aliphatic carbocycles. The molecular formula is C15H15BrN2O3. The molecule has 0 bridgehead atoms. The van der Waals surface area contributed by atoms with Crippen molar-refractivity contribution in [2.45, 2.75) is 13.1 Å². The van der Waals surface area contributed by atoms with Crippen LogP contribution in [0.2, 0.25) is 0 Å². The lowest BCUT2D eigenvalue weighted by molar-refractivity contribution is -0.385. The summed E-state index contributed by atoms with van der Waals surface area (Å²) in [5, 5.41) is 14.1. The van der Waals surface area contributed by atoms with Gasteiger partial charge in [0.15, 0.2) is 0 Å². The lowest BCUT2D eigenvalue weighted by Crippen LogP contribution is -2.12. The lowest BCUT2D eigenvalue weighted by Gasteiger charge is -2.07. The second-order valence-corrected chi connectivity index (χ2v) is 5.44. The standard InChI is InChI=1S/C15H15BrN2O3/c1-21-15-7-12(6-14(8-15)18(19)20)10-17-9-11-2-4-13(16)5-3-11/h2-8,17H,9-10H2,1H3. The molecule has 21 heavy (non-hydrogen) atoms. The van der Waals surface area contributed by atoms with Crippen molar-refractivity contribution in [3.63, 3.8) is 0 Å². The molecule has 0 heterocycles. The Hall–Kier alpha value is -1.92. The third kappa shape index (κ3) is 4.54. The number of methoxy groups -OCH3 is 1. The SMILES string of the molecule is COc1cc(CNCc2ccc(Br)cc2)cc([N+](=O)[O-])c1. The maximum Gasteiger partial charge on any atom is 0.273 e. The number of rotatable bonds is 6. The van der Waals surface area contributed by atoms with Crippen molar-refractivity contribution in [1.82, 2.24) is 5.32 Å². The summed E-state index contributed by atoms with van der Waals surface area (Å²) in [5.41, 5.74) is 2.00. The van der Waals surface area contributed by atoms with Gasteiger partial charge in [-0.15, -0.1) is 0 Å². The van der Waals surface area contributed by atoms with E-state index >= 15 is 0 Å². The fourth-order valence-corrected chi connectivity index (χ4v) is 2.19. The molecule has 2 rings (SSSR count). The van der Waals surface area contributed by atoms with Crippen LogP contribution in [0.25, 0.3) is 0 Å². The number of nitrogens with zero attached hydrogens (tertiary/aromatic N) is 1. The summed E-state index contributed by atoms with van der Waals surface area (Å²) >= 11 is 3.39. The highest BCUT2D eigenvalue weighted by Crippen LogP contribution is 2.22. The van der Waals surface area contributed by atoms with Gasteiger partial charge in [-0.3, -0.25) is 10.1 Å². The van der Waals surface area contributed by atoms with Gasteiger partial charge >= 0.3 is 0 Å². The minimum Gasteiger partial charge on any atom is -0.496 e. The zero-order chi connectivity index (χ0) is 15.2. The van der Waals surface area contributed by atoms with Crippen LogP contribution in [-0.4, -0.2) is 12.0 Å². The van der Waals surface area contributed by atoms with Crippen molar-refractivity contribution in [3.05, 3.63) is 68.2 Å². The van der Waals surface area contributed by atoms with Crippen molar-refractivity contribution in [2.24, 2.45) is 0 Å². The van der Waals surface area contributed by atoms with Crippen LogP contribution in [0.15, 0.2) is 46.9 Å². The first-order valence-electron chi connectivity index (χ1n) is 6.36. The van der Waals surface area contributed by atoms with Gasteiger partial charge in [0.2, 0.25) is 0 Å². The average Bonchev–Trinajstić information content (AvgIpc) is 2.49. The topological polar surface area (TPSA) is 64.4 Å². The number of hydrogen-bond donors (Lipinski definition) is 1. The van der Waals surface area contributed by atoms with E-state index in [-0.39, 0.29) is 5.69 Å². The van der Waals surface area contributed by atoms with E-state index in [1.165, 1.54) is 13.2 Å². The minimum absolute atomic E-state index is 0.0368. The van der Waals surface area contributed by atoms with E-state index < -0.39 is 4.92 Å². The Balaban J connectivity index is 2.00. The monoisotopic (exact) mass is 350 g/mol. The average molecular weight is 351 g/mol. The molecule has 0 saturated heterocycles. The van der Waals surface area contributed by atoms with Gasteiger partial charge in [-0.25, -0.2) is 0 Å². The fourth-order valence-electron chi connectivity index (χ4n) is 1.92. The normalized spacial score (nSPS) is 10.4. The van der Waals surface area contributed by atoms with E-state index in [2.05, 4.69) is 21.2 Å². The quantitative estimate of drug-likeness (QED) is 0.637. The van der Waals surface area contributed by atoms with Crippen molar-refractivity contribution in [2.75, 3.05) is 7.11 Å². The van der Waals surface area contributed by atoms with Crippen molar-refractivity contribution < 1.29 is 9.66 Å². The van der Waals surface area contributed by atoms with Crippen LogP contribution in [0.3, 0.4) is 0 Å². The van der Waals surface area contributed by atoms with Crippen LogP contribution in [0.4, 0.5) is 5.69 Å². The van der Waals surface area contributed by atoms with Gasteiger partial charge in [0.25, 0.3) is 5.69 Å². The molecule has 0 radical (unpaired) electrons. The number of benzene rings is 2. The molecule has 2 aromatic carbocycles. The summed E-state index contributed by atoms with van der Waals surface area (Å²) in [7, 11) is 1.50. The van der Waals surface area contributed by atoms with Gasteiger partial charge < -0.3 is 10.1 Å². The van der Waals surface area contributed by atoms with E-state index in [1.54, 1.807) is 12.1 Å². The molecule has 0 aromatic heterocycles. The van der Waals surface area contributed by atoms with Crippen LogP contribution in [-0.2, 0) is 13.1 Å². The van der Waals surface area contributed by atoms with Gasteiger partial charge in [0.05, 0.1) is 18.1 Å². The maximum atomic E-state index is 10.9. The number of nitro groups is 1. The zero-order valence-corrected chi connectivity index (χ0v) is 13.1. The second kappa shape index (κ2) is 7.19. The highest BCUT2D eigenvalue weighted by Gasteiger charge is 2.09. The smallest absolute Gasteiger partial charge is 0.273 e. The Kier molecular flexibility index (Phi) is 5.30. The van der Waals surface area contributed by atoms with Gasteiger partial charge in [0, 0.05) is 23.6 Å². The molecule has 110 valence electrons. The van der Waals surface area contributed by atoms with Crippen LogP contribution < -0.4 is 10.1 Å². The first kappa shape index (κ1) is 15.5. The van der Waals surface area contributed by atoms with E-state index in [9.17, 15) is 10.1 Å². The maximum absolute atomic E-state index is 10.9. The van der Waals surface area contributed by atoms with Crippen LogP contribution in [0, 0.1) is 10.1 Å². The molecule has 0 aliphatic rings. The zero-order valence-electron chi connectivity index (χ0n) is 11.5. The largest absolute Gasteiger partial charge is 0.496 e. The number of nitrogens with one attached hydrogen (secondary N) is 1. The van der Waals surface area contributed by atoms with Gasteiger partial charge in [-0.05, 0) is 29.3 Å². The molecule has 0 fully saturated rings. The van der Waals surface area contributed by atoms with Crippen molar-refractivity contribution >= 4 is 21.6 Å². The summed E-state index contributed by atoms with van der Waals surface area (Å²) in [6.07, 6.45) is 0. The molecule has 1 N–H and O–H groups in total. The minimum atomic E-state index is -0.416. The number of ether oxygens (including phenoxy) is 1. The number of hydrogen-bond acceptors (Lipinski definition) is 4. The third-order valence-electron chi connectivity index (χ3n) is 2.97. The molecule has 6 heteroatoms. The number of halogens is 1. The highest BCUT2D eigenvalue weighted by molar-refractivity contribution is 9.10. The highest BCUT2D eigenvalue weighted by atomic mass is 79.9. The third-order valence-corrected chi connectivity index (χ3v) is 3.50. The Bertz CT molecular complexity index is 629. The van der Waals surface area contributed by atoms with Gasteiger partial charge in [-0.1, -0.05) is 28.1 Å². The van der Waals surface area contributed by atoms with E-state index in [4.69, 9.17) is 4.74 Å². The first-order chi connectivity index (χ1) is 10.1. The molecule has 0 saturated carbocycles. The summed E-state index contributed by atoms with van der Waals surface area (Å²) in [5.74, 6) is 0.490. The van der Waals surface area contributed by atoms with E-state index in [0.717, 1.165) is 15.6 Å². The van der Waals surface area contributed by atoms with E-state index in [1.807, 2.05) is 24.3 Å². The molecule has 0 aliphatic heterocycles. The summed E-state index contributed by atoms with van der Waals surface area (Å²) in [6, 6.07) is 12.8. The summed E-state index contributed by atoms with van der Waals surface area (Å²) < 4.78 is 6.12. The lowest BCUT2D eigenvalue weighted by atomic mass is 10.1. The Labute approximate surface area is 131 Å². The predicted molar refractivity (Wildman–Crippen MR) is 84.3 cm³/mol. The van der Waals surface area contributed by atoms with Gasteiger partial charge in [-0.2, -0.15) is 0 Å². The van der Waals surface area contributed by atoms with Crippen LogP contribution in [0.1, 0.15) is 11.1 Å². The molecule has 0 amide bonds. The summed E-state index contributed by atoms with van der Waals surface area (Å²) in [6.45, 7) is 1.23. The van der Waals surface area contributed by atoms with Crippen molar-refractivity contribution in [3.8, 4) is 5.75 Å². The molecule has 0 spiro atoms. The van der Waals surface area contributed by atoms with Crippen LogP contribution in [0.5, 0.6) is 5.75 Å². The summed E-state index contributed by atoms with van der Waals surface area (Å²) in [4.78, 5) is 10.5. The molecular weight excluding hydrogens is 336 g/mol. The number of nitro benzene ring substituents is 1. The predicted octanol–water partition coefficient (Wildman–Crippen LogP) is 3.66. The molecule has 0 atom stereocenters. The Morgan fingerprint density at radius 3 is 2.43 bits per heavy atom.